The summed E-state index contributed by atoms with van der Waals surface area (Å²) in [4.78, 5) is 12.2. The minimum absolute atomic E-state index is 0.0109. The van der Waals surface area contributed by atoms with Crippen molar-refractivity contribution in [2.45, 2.75) is 31.2 Å². The van der Waals surface area contributed by atoms with E-state index in [1.807, 2.05) is 0 Å². The van der Waals surface area contributed by atoms with Crippen molar-refractivity contribution in [1.82, 2.24) is 10.6 Å². The number of aromatic hydroxyl groups is 1. The molecule has 1 fully saturated rings. The molecule has 1 saturated heterocycles. The molecule has 1 heterocycles. The zero-order valence-electron chi connectivity index (χ0n) is 12.1. The molecular formula is C15H20Cl2N2O3. The number of halogens is 2. The number of carbonyl (C=O) groups excluding carboxylic acids is 1. The van der Waals surface area contributed by atoms with Gasteiger partial charge in [0.1, 0.15) is 5.75 Å². The Bertz CT molecular complexity index is 534. The lowest BCUT2D eigenvalue weighted by Gasteiger charge is -2.20. The van der Waals surface area contributed by atoms with E-state index in [2.05, 4.69) is 10.6 Å². The Labute approximate surface area is 139 Å². The molecule has 1 aliphatic heterocycles. The van der Waals surface area contributed by atoms with Crippen LogP contribution in [0.25, 0.3) is 0 Å². The standard InChI is InChI=1S/C15H20Cl2N2O3/c16-11-1-2-12(21)14(15(11)17)9(4-6-20)7-13(22)19-10-3-5-18-8-10/h1-2,9-10,18,20-21H,3-8H2,(H,19,22). The Morgan fingerprint density at radius 3 is 2.86 bits per heavy atom. The van der Waals surface area contributed by atoms with Crippen molar-refractivity contribution in [1.29, 1.82) is 0 Å². The van der Waals surface area contributed by atoms with Gasteiger partial charge in [-0.15, -0.1) is 0 Å². The Balaban J connectivity index is 2.12. The number of phenols is 1. The lowest BCUT2D eigenvalue weighted by atomic mass is 9.91. The summed E-state index contributed by atoms with van der Waals surface area (Å²) < 4.78 is 0. The van der Waals surface area contributed by atoms with Gasteiger partial charge in [0.25, 0.3) is 0 Å². The van der Waals surface area contributed by atoms with Crippen LogP contribution in [0.4, 0.5) is 0 Å². The number of hydrogen-bond donors (Lipinski definition) is 4. The van der Waals surface area contributed by atoms with E-state index < -0.39 is 0 Å². The average Bonchev–Trinajstić information content (AvgIpc) is 2.96. The number of hydrogen-bond acceptors (Lipinski definition) is 4. The third kappa shape index (κ3) is 4.26. The molecule has 5 nitrogen and oxygen atoms in total. The van der Waals surface area contributed by atoms with Gasteiger partial charge in [-0.05, 0) is 37.4 Å². The topological polar surface area (TPSA) is 81.6 Å². The van der Waals surface area contributed by atoms with E-state index in [1.165, 1.54) is 12.1 Å². The maximum atomic E-state index is 12.2. The number of rotatable bonds is 6. The van der Waals surface area contributed by atoms with Gasteiger partial charge >= 0.3 is 0 Å². The monoisotopic (exact) mass is 346 g/mol. The summed E-state index contributed by atoms with van der Waals surface area (Å²) in [5.41, 5.74) is 0.419. The minimum atomic E-state index is -0.384. The molecule has 2 unspecified atom stereocenters. The molecule has 2 rings (SSSR count). The number of nitrogens with one attached hydrogen (secondary N) is 2. The molecular weight excluding hydrogens is 327 g/mol. The molecule has 4 N–H and O–H groups in total. The lowest BCUT2D eigenvalue weighted by Crippen LogP contribution is -2.36. The van der Waals surface area contributed by atoms with Gasteiger partial charge in [0.2, 0.25) is 5.91 Å². The van der Waals surface area contributed by atoms with Crippen molar-refractivity contribution in [2.24, 2.45) is 0 Å². The minimum Gasteiger partial charge on any atom is -0.508 e. The highest BCUT2D eigenvalue weighted by Crippen LogP contribution is 2.40. The van der Waals surface area contributed by atoms with Crippen LogP contribution in [-0.2, 0) is 4.79 Å². The molecule has 1 aromatic rings. The Morgan fingerprint density at radius 2 is 2.23 bits per heavy atom. The lowest BCUT2D eigenvalue weighted by molar-refractivity contribution is -0.122. The zero-order chi connectivity index (χ0) is 16.1. The summed E-state index contributed by atoms with van der Waals surface area (Å²) in [6.45, 7) is 1.55. The second-order valence-corrected chi connectivity index (χ2v) is 6.25. The second kappa shape index (κ2) is 8.02. The molecule has 0 aliphatic carbocycles. The number of aliphatic hydroxyl groups is 1. The average molecular weight is 347 g/mol. The van der Waals surface area contributed by atoms with E-state index in [1.54, 1.807) is 0 Å². The van der Waals surface area contributed by atoms with Crippen LogP contribution >= 0.6 is 23.2 Å². The predicted octanol–water partition coefficient (Wildman–Crippen LogP) is 2.03. The van der Waals surface area contributed by atoms with Crippen molar-refractivity contribution in [3.05, 3.63) is 27.7 Å². The molecule has 0 spiro atoms. The van der Waals surface area contributed by atoms with E-state index in [0.717, 1.165) is 19.5 Å². The highest BCUT2D eigenvalue weighted by molar-refractivity contribution is 6.42. The van der Waals surface area contributed by atoms with Crippen LogP contribution in [0, 0.1) is 0 Å². The van der Waals surface area contributed by atoms with Crippen molar-refractivity contribution in [2.75, 3.05) is 19.7 Å². The molecule has 22 heavy (non-hydrogen) atoms. The summed E-state index contributed by atoms with van der Waals surface area (Å²) in [6.07, 6.45) is 1.37. The summed E-state index contributed by atoms with van der Waals surface area (Å²) in [5.74, 6) is -0.517. The number of benzene rings is 1. The van der Waals surface area contributed by atoms with E-state index in [4.69, 9.17) is 23.2 Å². The zero-order valence-corrected chi connectivity index (χ0v) is 13.6. The molecule has 0 aromatic heterocycles. The van der Waals surface area contributed by atoms with Crippen LogP contribution in [0.15, 0.2) is 12.1 Å². The van der Waals surface area contributed by atoms with Crippen molar-refractivity contribution in [3.63, 3.8) is 0 Å². The summed E-state index contributed by atoms with van der Waals surface area (Å²) >= 11 is 12.2. The molecule has 7 heteroatoms. The fourth-order valence-electron chi connectivity index (χ4n) is 2.74. The van der Waals surface area contributed by atoms with E-state index in [9.17, 15) is 15.0 Å². The molecule has 0 radical (unpaired) electrons. The van der Waals surface area contributed by atoms with Crippen molar-refractivity contribution in [3.8, 4) is 5.75 Å². The highest BCUT2D eigenvalue weighted by atomic mass is 35.5. The van der Waals surface area contributed by atoms with Gasteiger partial charge in [0.15, 0.2) is 0 Å². The van der Waals surface area contributed by atoms with Gasteiger partial charge in [-0.3, -0.25) is 4.79 Å². The van der Waals surface area contributed by atoms with Gasteiger partial charge in [0, 0.05) is 31.2 Å². The normalized spacial score (nSPS) is 19.1. The fraction of sp³-hybridized carbons (Fsp3) is 0.533. The number of phenolic OH excluding ortho intramolecular Hbond substituents is 1. The molecule has 1 aromatic carbocycles. The summed E-state index contributed by atoms with van der Waals surface area (Å²) in [6, 6.07) is 3.08. The summed E-state index contributed by atoms with van der Waals surface area (Å²) in [5, 5.41) is 26.0. The molecule has 1 aliphatic rings. The van der Waals surface area contributed by atoms with Crippen LogP contribution in [0.5, 0.6) is 5.75 Å². The van der Waals surface area contributed by atoms with E-state index in [0.29, 0.717) is 17.0 Å². The molecule has 122 valence electrons. The first kappa shape index (κ1) is 17.3. The number of carbonyl (C=O) groups is 1. The van der Waals surface area contributed by atoms with Gasteiger partial charge in [0.05, 0.1) is 10.0 Å². The first-order chi connectivity index (χ1) is 10.5. The quantitative estimate of drug-likeness (QED) is 0.635. The molecule has 0 saturated carbocycles. The second-order valence-electron chi connectivity index (χ2n) is 5.46. The van der Waals surface area contributed by atoms with E-state index in [-0.39, 0.29) is 41.7 Å². The maximum Gasteiger partial charge on any atom is 0.220 e. The smallest absolute Gasteiger partial charge is 0.220 e. The highest BCUT2D eigenvalue weighted by Gasteiger charge is 2.24. The fourth-order valence-corrected chi connectivity index (χ4v) is 3.22. The Morgan fingerprint density at radius 1 is 1.45 bits per heavy atom. The molecule has 0 bridgehead atoms. The van der Waals surface area contributed by atoms with Crippen molar-refractivity contribution >= 4 is 29.1 Å². The Hall–Kier alpha value is -1.01. The van der Waals surface area contributed by atoms with Gasteiger partial charge in [-0.25, -0.2) is 0 Å². The van der Waals surface area contributed by atoms with Crippen LogP contribution in [0.3, 0.4) is 0 Å². The predicted molar refractivity (Wildman–Crippen MR) is 86.6 cm³/mol. The molecule has 1 amide bonds. The van der Waals surface area contributed by atoms with Crippen LogP contribution in [0.1, 0.15) is 30.7 Å². The van der Waals surface area contributed by atoms with Gasteiger partial charge in [-0.1, -0.05) is 23.2 Å². The number of aliphatic hydroxyl groups excluding tert-OH is 1. The SMILES string of the molecule is O=C(CC(CCO)c1c(O)ccc(Cl)c1Cl)NC1CCNC1. The third-order valence-corrected chi connectivity index (χ3v) is 4.67. The Kier molecular flexibility index (Phi) is 6.32. The third-order valence-electron chi connectivity index (χ3n) is 3.85. The number of amides is 1. The van der Waals surface area contributed by atoms with Gasteiger partial charge < -0.3 is 20.8 Å². The maximum absolute atomic E-state index is 12.2. The van der Waals surface area contributed by atoms with Crippen LogP contribution < -0.4 is 10.6 Å². The largest absolute Gasteiger partial charge is 0.508 e. The van der Waals surface area contributed by atoms with Gasteiger partial charge in [-0.2, -0.15) is 0 Å². The van der Waals surface area contributed by atoms with Crippen LogP contribution in [-0.4, -0.2) is 41.9 Å². The summed E-state index contributed by atoms with van der Waals surface area (Å²) in [7, 11) is 0. The van der Waals surface area contributed by atoms with Crippen LogP contribution in [0.2, 0.25) is 10.0 Å². The van der Waals surface area contributed by atoms with E-state index >= 15 is 0 Å². The van der Waals surface area contributed by atoms with Crippen molar-refractivity contribution < 1.29 is 15.0 Å². The first-order valence-corrected chi connectivity index (χ1v) is 8.06. The first-order valence-electron chi connectivity index (χ1n) is 7.30. The molecule has 2 atom stereocenters.